The number of carbonyl (C=O) groups excluding carboxylic acids is 9. The van der Waals surface area contributed by atoms with Crippen molar-refractivity contribution in [1.82, 2.24) is 47.9 Å². The highest BCUT2D eigenvalue weighted by Crippen LogP contribution is 2.13. The summed E-state index contributed by atoms with van der Waals surface area (Å²) < 4.78 is 0. The average molecular weight is 1150 g/mol. The Morgan fingerprint density at radius 2 is 0.962 bits per heavy atom. The fourth-order valence-corrected chi connectivity index (χ4v) is 8.75. The Kier molecular flexibility index (Phi) is 34.5. The van der Waals surface area contributed by atoms with E-state index < -0.39 is 132 Å². The molecule has 1 rings (SSSR count). The van der Waals surface area contributed by atoms with Crippen molar-refractivity contribution in [2.24, 2.45) is 35.0 Å². The number of benzene rings is 1. The topological polar surface area (TPSA) is 397 Å². The smallest absolute Gasteiger partial charge is 0.326 e. The fraction of sp³-hybridized carbons (Fsp3) is 0.698. The molecule has 0 heterocycles. The average Bonchev–Trinajstić information content (AvgIpc) is 3.38. The number of nitrogens with two attached hydrogens (primary N) is 3. The molecular formula is C53H92N12O12S2. The lowest BCUT2D eigenvalue weighted by Gasteiger charge is -2.28. The zero-order valence-corrected chi connectivity index (χ0v) is 49.1. The second kappa shape index (κ2) is 38.2. The first-order valence-electron chi connectivity index (χ1n) is 27.1. The first-order valence-corrected chi connectivity index (χ1v) is 29.2. The quantitative estimate of drug-likeness (QED) is 0.0280. The van der Waals surface area contributed by atoms with Gasteiger partial charge in [-0.2, -0.15) is 24.4 Å². The van der Waals surface area contributed by atoms with Crippen molar-refractivity contribution in [3.63, 3.8) is 0 Å². The minimum atomic E-state index is -1.58. The largest absolute Gasteiger partial charge is 0.480 e. The summed E-state index contributed by atoms with van der Waals surface area (Å²) in [5.41, 5.74) is 18.0. The zero-order chi connectivity index (χ0) is 59.9. The van der Waals surface area contributed by atoms with Crippen LogP contribution in [0.2, 0.25) is 0 Å². The number of unbranched alkanes of at least 4 members (excludes halogenated alkanes) is 2. The van der Waals surface area contributed by atoms with Gasteiger partial charge >= 0.3 is 5.97 Å². The van der Waals surface area contributed by atoms with Crippen LogP contribution < -0.4 is 65.1 Å². The molecule has 0 bridgehead atoms. The van der Waals surface area contributed by atoms with E-state index in [9.17, 15) is 58.2 Å². The zero-order valence-electron chi connectivity index (χ0n) is 47.4. The van der Waals surface area contributed by atoms with Crippen molar-refractivity contribution in [2.75, 3.05) is 30.9 Å². The van der Waals surface area contributed by atoms with Crippen LogP contribution in [-0.4, -0.2) is 167 Å². The van der Waals surface area contributed by atoms with Gasteiger partial charge in [0, 0.05) is 12.2 Å². The van der Waals surface area contributed by atoms with Crippen molar-refractivity contribution < 1.29 is 58.2 Å². The predicted octanol–water partition coefficient (Wildman–Crippen LogP) is -0.906. The Morgan fingerprint density at radius 3 is 1.48 bits per heavy atom. The maximum absolute atomic E-state index is 14.1. The van der Waals surface area contributed by atoms with Gasteiger partial charge in [-0.1, -0.05) is 78.3 Å². The summed E-state index contributed by atoms with van der Waals surface area (Å²) in [7, 11) is 0. The molecule has 0 radical (unpaired) electrons. The molecule has 448 valence electrons. The van der Waals surface area contributed by atoms with Gasteiger partial charge in [-0.05, 0) is 114 Å². The van der Waals surface area contributed by atoms with E-state index in [4.69, 9.17) is 17.2 Å². The molecule has 9 amide bonds. The van der Waals surface area contributed by atoms with E-state index in [2.05, 4.69) is 60.5 Å². The molecule has 0 spiro atoms. The van der Waals surface area contributed by atoms with E-state index in [1.165, 1.54) is 25.6 Å². The molecule has 1 aromatic rings. The third-order valence-electron chi connectivity index (χ3n) is 12.6. The molecule has 0 fully saturated rings. The number of hydrogen-bond donors (Lipinski definition) is 15. The van der Waals surface area contributed by atoms with Crippen molar-refractivity contribution in [1.29, 1.82) is 0 Å². The molecule has 17 N–H and O–H groups in total. The number of carboxylic acid groups (broad SMARTS) is 1. The van der Waals surface area contributed by atoms with Gasteiger partial charge in [-0.3, -0.25) is 43.2 Å². The number of aliphatic carboxylic acids is 1. The Morgan fingerprint density at radius 1 is 0.519 bits per heavy atom. The van der Waals surface area contributed by atoms with Crippen LogP contribution in [0.15, 0.2) is 30.3 Å². The van der Waals surface area contributed by atoms with Crippen LogP contribution >= 0.6 is 24.4 Å². The lowest BCUT2D eigenvalue weighted by atomic mass is 9.99. The minimum Gasteiger partial charge on any atom is -0.480 e. The van der Waals surface area contributed by atoms with Crippen molar-refractivity contribution >= 4 is 83.5 Å². The standard InChI is InChI=1S/C53H92N12O12S2/c1-29(2)25-38(48(71)62-40(53(76)77)26-30(3)4)60-49(72)39(27-34-17-11-10-12-18-34)61-50(73)41(28-78)63-46(69)36(20-14-16-23-55)59-47(70)37(21-24-79-9)58-44(67)32(7)57-52(75)43(33(8)66)65-51(74)42(31(5)6)64-45(68)35(56)19-13-15-22-54/h10-12,17-18,29-33,35-43,66,78H,13-16,19-28,54-56H2,1-9H3,(H,57,75)(H,58,67)(H,59,70)(H,60,72)(H,61,73)(H,62,71)(H,63,69)(H,64,68)(H,65,74)(H,76,77)/t32-,33-,35+,36+,37+,38+,39+,40+,41+,42+,43+/m1/s1. The maximum Gasteiger partial charge on any atom is 0.326 e. The Labute approximate surface area is 475 Å². The van der Waals surface area contributed by atoms with Gasteiger partial charge in [0.2, 0.25) is 53.2 Å². The highest BCUT2D eigenvalue weighted by Gasteiger charge is 2.36. The molecule has 26 heteroatoms. The van der Waals surface area contributed by atoms with Crippen molar-refractivity contribution in [3.05, 3.63) is 35.9 Å². The molecule has 1 aromatic carbocycles. The van der Waals surface area contributed by atoms with Crippen LogP contribution in [0.25, 0.3) is 0 Å². The summed E-state index contributed by atoms with van der Waals surface area (Å²) in [5, 5.41) is 43.8. The van der Waals surface area contributed by atoms with Gasteiger partial charge in [0.25, 0.3) is 0 Å². The number of aliphatic hydroxyl groups excluding tert-OH is 1. The summed E-state index contributed by atoms with van der Waals surface area (Å²) in [4.78, 5) is 136. The highest BCUT2D eigenvalue weighted by atomic mass is 32.2. The summed E-state index contributed by atoms with van der Waals surface area (Å²) in [5.74, 6) is -8.73. The van der Waals surface area contributed by atoms with Crippen molar-refractivity contribution in [3.8, 4) is 0 Å². The second-order valence-corrected chi connectivity index (χ2v) is 22.3. The Hall–Kier alpha value is -5.54. The molecule has 0 aromatic heterocycles. The van der Waals surface area contributed by atoms with Gasteiger partial charge in [0.15, 0.2) is 0 Å². The van der Waals surface area contributed by atoms with E-state index in [0.29, 0.717) is 50.0 Å². The normalized spacial score (nSPS) is 15.6. The molecule has 24 nitrogen and oxygen atoms in total. The van der Waals surface area contributed by atoms with E-state index in [-0.39, 0.29) is 56.2 Å². The predicted molar refractivity (Wildman–Crippen MR) is 307 cm³/mol. The lowest BCUT2D eigenvalue weighted by molar-refractivity contribution is -0.143. The fourth-order valence-electron chi connectivity index (χ4n) is 8.03. The molecule has 0 aliphatic rings. The Balaban J connectivity index is 3.35. The number of carbonyl (C=O) groups is 10. The van der Waals surface area contributed by atoms with Gasteiger partial charge < -0.3 is 75.3 Å². The summed E-state index contributed by atoms with van der Waals surface area (Å²) in [6, 6.07) is -3.79. The Bertz CT molecular complexity index is 2110. The molecule has 11 atom stereocenters. The third-order valence-corrected chi connectivity index (χ3v) is 13.6. The molecule has 0 aliphatic heterocycles. The third kappa shape index (κ3) is 27.5. The monoisotopic (exact) mass is 1150 g/mol. The van der Waals surface area contributed by atoms with E-state index in [0.717, 1.165) is 0 Å². The molecule has 0 saturated heterocycles. The second-order valence-electron chi connectivity index (χ2n) is 21.0. The lowest BCUT2D eigenvalue weighted by Crippen LogP contribution is -2.62. The number of nitrogens with one attached hydrogen (secondary N) is 9. The van der Waals surface area contributed by atoms with Crippen LogP contribution in [0.5, 0.6) is 0 Å². The van der Waals surface area contributed by atoms with Crippen LogP contribution in [0.1, 0.15) is 119 Å². The summed E-state index contributed by atoms with van der Waals surface area (Å²) in [6.45, 7) is 13.9. The van der Waals surface area contributed by atoms with Crippen LogP contribution in [0.4, 0.5) is 0 Å². The number of thioether (sulfide) groups is 1. The minimum absolute atomic E-state index is 0.0416. The van der Waals surface area contributed by atoms with Gasteiger partial charge in [0.1, 0.15) is 54.4 Å². The van der Waals surface area contributed by atoms with E-state index >= 15 is 0 Å². The van der Waals surface area contributed by atoms with Crippen molar-refractivity contribution in [2.45, 2.75) is 186 Å². The number of thiol groups is 1. The van der Waals surface area contributed by atoms with E-state index in [1.807, 2.05) is 27.7 Å². The first kappa shape index (κ1) is 71.5. The van der Waals surface area contributed by atoms with Crippen LogP contribution in [-0.2, 0) is 54.4 Å². The van der Waals surface area contributed by atoms with Gasteiger partial charge in [0.05, 0.1) is 12.1 Å². The number of rotatable bonds is 39. The number of hydrogen-bond acceptors (Lipinski definition) is 16. The van der Waals surface area contributed by atoms with E-state index in [1.54, 1.807) is 50.4 Å². The molecule has 0 saturated carbocycles. The number of carboxylic acids is 1. The molecular weight excluding hydrogens is 1060 g/mol. The van der Waals surface area contributed by atoms with Gasteiger partial charge in [-0.15, -0.1) is 0 Å². The molecule has 0 unspecified atom stereocenters. The highest BCUT2D eigenvalue weighted by molar-refractivity contribution is 7.98. The number of aliphatic hydroxyl groups is 1. The summed E-state index contributed by atoms with van der Waals surface area (Å²) in [6.07, 6.45) is 3.12. The maximum atomic E-state index is 14.1. The SMILES string of the molecule is CSCC[C@H](NC(=O)[C@@H](C)NC(=O)[C@@H](NC(=O)[C@@H](NC(=O)[C@@H](N)CCCCN)C(C)C)[C@@H](C)O)C(=O)N[C@@H](CCCCN)C(=O)N[C@@H](CS)C(=O)N[C@@H](Cc1ccccc1)C(=O)N[C@@H](CC(C)C)C(=O)N[C@@H](CC(C)C)C(=O)O. The van der Waals surface area contributed by atoms with Gasteiger partial charge in [-0.25, -0.2) is 4.79 Å². The van der Waals surface area contributed by atoms with Crippen LogP contribution in [0, 0.1) is 17.8 Å². The molecule has 79 heavy (non-hydrogen) atoms. The molecule has 0 aliphatic carbocycles. The van der Waals surface area contributed by atoms with Crippen LogP contribution in [0.3, 0.4) is 0 Å². The summed E-state index contributed by atoms with van der Waals surface area (Å²) >= 11 is 5.71. The number of amides is 9. The first-order chi connectivity index (χ1) is 37.2.